The van der Waals surface area contributed by atoms with Crippen molar-refractivity contribution in [1.29, 1.82) is 5.26 Å². The zero-order chi connectivity index (χ0) is 27.6. The Balaban J connectivity index is 1.62. The molecule has 1 N–H and O–H groups in total. The fourth-order valence-electron chi connectivity index (χ4n) is 5.39. The monoisotopic (exact) mass is 519 g/mol. The van der Waals surface area contributed by atoms with Gasteiger partial charge in [0.05, 0.1) is 18.4 Å². The Morgan fingerprint density at radius 1 is 1.16 bits per heavy atom. The van der Waals surface area contributed by atoms with Gasteiger partial charge in [-0.15, -0.1) is 0 Å². The summed E-state index contributed by atoms with van der Waals surface area (Å²) in [5.41, 5.74) is 2.67. The van der Waals surface area contributed by atoms with Crippen molar-refractivity contribution in [3.8, 4) is 6.07 Å². The molecule has 0 spiro atoms. The summed E-state index contributed by atoms with van der Waals surface area (Å²) in [6.45, 7) is 14.0. The number of carbonyl (C=O) groups excluding carboxylic acids is 2. The van der Waals surface area contributed by atoms with Crippen LogP contribution in [0, 0.1) is 17.2 Å². The number of nitrogens with zero attached hydrogens (tertiary/aromatic N) is 6. The summed E-state index contributed by atoms with van der Waals surface area (Å²) >= 11 is 0. The maximum atomic E-state index is 12.8. The van der Waals surface area contributed by atoms with Crippen LogP contribution in [0.2, 0.25) is 0 Å². The summed E-state index contributed by atoms with van der Waals surface area (Å²) in [5.74, 6) is 0.683. The lowest BCUT2D eigenvalue weighted by Crippen LogP contribution is -2.51. The molecule has 0 aliphatic carbocycles. The van der Waals surface area contributed by atoms with Crippen molar-refractivity contribution in [2.75, 3.05) is 41.3 Å². The van der Waals surface area contributed by atoms with E-state index in [1.807, 2.05) is 37.8 Å². The second-order valence-corrected chi connectivity index (χ2v) is 10.9. The van der Waals surface area contributed by atoms with Crippen molar-refractivity contribution in [3.63, 3.8) is 0 Å². The second kappa shape index (κ2) is 10.9. The van der Waals surface area contributed by atoms with Crippen LogP contribution in [0.4, 0.5) is 22.0 Å². The van der Waals surface area contributed by atoms with E-state index in [2.05, 4.69) is 46.2 Å². The molecule has 1 aromatic carbocycles. The van der Waals surface area contributed by atoms with Crippen molar-refractivity contribution in [2.24, 2.45) is 5.92 Å². The first kappa shape index (κ1) is 27.2. The Morgan fingerprint density at radius 2 is 1.87 bits per heavy atom. The molecular weight excluding hydrogens is 482 g/mol. The molecule has 2 amide bonds. The summed E-state index contributed by atoms with van der Waals surface area (Å²) in [5, 5.41) is 12.6. The zero-order valence-electron chi connectivity index (χ0n) is 23.1. The van der Waals surface area contributed by atoms with Gasteiger partial charge < -0.3 is 24.8 Å². The third kappa shape index (κ3) is 5.67. The van der Waals surface area contributed by atoms with Crippen molar-refractivity contribution < 1.29 is 14.3 Å². The molecule has 2 aliphatic rings. The van der Waals surface area contributed by atoms with Crippen LogP contribution >= 0.6 is 0 Å². The predicted molar refractivity (Wildman–Crippen MR) is 146 cm³/mol. The lowest BCUT2D eigenvalue weighted by atomic mass is 9.80. The van der Waals surface area contributed by atoms with Crippen LogP contribution in [0.3, 0.4) is 0 Å². The number of carbonyl (C=O) groups is 2. The molecule has 2 aromatic rings. The third-order valence-electron chi connectivity index (χ3n) is 7.19. The van der Waals surface area contributed by atoms with Gasteiger partial charge in [0.15, 0.2) is 5.69 Å². The molecule has 202 valence electrons. The fourth-order valence-corrected chi connectivity index (χ4v) is 5.39. The molecule has 2 aliphatic heterocycles. The SMILES string of the molecule is CC[C@H]1[C@H](C)C(Nc2cnc(C#N)cn2)c2cc(N3CCN(C(=O)OC(C)(C)C)CC3)ccc2N1C(C)=O. The molecular formula is C28H37N7O3. The van der Waals surface area contributed by atoms with Gasteiger partial charge in [-0.2, -0.15) is 5.26 Å². The Bertz CT molecular complexity index is 1210. The number of nitriles is 1. The van der Waals surface area contributed by atoms with E-state index >= 15 is 0 Å². The Morgan fingerprint density at radius 3 is 2.42 bits per heavy atom. The minimum atomic E-state index is -0.524. The number of aromatic nitrogens is 2. The fraction of sp³-hybridized carbons (Fsp3) is 0.536. The Labute approximate surface area is 224 Å². The summed E-state index contributed by atoms with van der Waals surface area (Å²) in [6.07, 6.45) is 3.55. The first-order valence-electron chi connectivity index (χ1n) is 13.2. The zero-order valence-corrected chi connectivity index (χ0v) is 23.1. The van der Waals surface area contributed by atoms with Gasteiger partial charge >= 0.3 is 6.09 Å². The quantitative estimate of drug-likeness (QED) is 0.634. The number of hydrogen-bond acceptors (Lipinski definition) is 8. The first-order valence-corrected chi connectivity index (χ1v) is 13.2. The smallest absolute Gasteiger partial charge is 0.410 e. The highest BCUT2D eigenvalue weighted by Crippen LogP contribution is 2.44. The van der Waals surface area contributed by atoms with Gasteiger partial charge in [0.2, 0.25) is 5.91 Å². The van der Waals surface area contributed by atoms with E-state index in [1.54, 1.807) is 18.0 Å². The molecule has 1 saturated heterocycles. The van der Waals surface area contributed by atoms with E-state index < -0.39 is 5.60 Å². The topological polar surface area (TPSA) is 115 Å². The van der Waals surface area contributed by atoms with Gasteiger partial charge in [0.25, 0.3) is 0 Å². The van der Waals surface area contributed by atoms with E-state index in [0.717, 1.165) is 23.4 Å². The number of rotatable bonds is 4. The van der Waals surface area contributed by atoms with Gasteiger partial charge in [-0.05, 0) is 45.4 Å². The highest BCUT2D eigenvalue weighted by molar-refractivity contribution is 5.94. The normalized spacial score (nSPS) is 21.4. The van der Waals surface area contributed by atoms with Crippen molar-refractivity contribution >= 4 is 29.2 Å². The number of fused-ring (bicyclic) bond motifs is 1. The Hall–Kier alpha value is -3.87. The van der Waals surface area contributed by atoms with E-state index in [1.165, 1.54) is 6.20 Å². The second-order valence-electron chi connectivity index (χ2n) is 10.9. The molecule has 1 aromatic heterocycles. The standard InChI is InChI=1S/C28H37N7O3/c1-7-23-18(2)26(32-25-17-30-20(15-29)16-31-25)22-14-21(8-9-24(22)35(23)19(3)36)33-10-12-34(13-11-33)27(37)38-28(4,5)6/h8-9,14,16-18,23,26H,7,10-13H2,1-6H3,(H,31,32)/t18-,23-,26?/m0/s1. The van der Waals surface area contributed by atoms with E-state index in [9.17, 15) is 9.59 Å². The molecule has 1 fully saturated rings. The summed E-state index contributed by atoms with van der Waals surface area (Å²) in [4.78, 5) is 39.8. The minimum Gasteiger partial charge on any atom is -0.444 e. The molecule has 3 heterocycles. The maximum Gasteiger partial charge on any atom is 0.410 e. The Kier molecular flexibility index (Phi) is 7.76. The van der Waals surface area contributed by atoms with Crippen LogP contribution in [-0.4, -0.2) is 64.7 Å². The van der Waals surface area contributed by atoms with Crippen molar-refractivity contribution in [2.45, 2.75) is 65.6 Å². The van der Waals surface area contributed by atoms with Gasteiger partial charge in [-0.25, -0.2) is 14.8 Å². The van der Waals surface area contributed by atoms with E-state index in [4.69, 9.17) is 10.00 Å². The summed E-state index contributed by atoms with van der Waals surface area (Å²) in [7, 11) is 0. The summed E-state index contributed by atoms with van der Waals surface area (Å²) in [6, 6.07) is 8.13. The van der Waals surface area contributed by atoms with Crippen LogP contribution in [0.25, 0.3) is 0 Å². The molecule has 3 atom stereocenters. The van der Waals surface area contributed by atoms with Crippen LogP contribution < -0.4 is 15.1 Å². The van der Waals surface area contributed by atoms with Crippen molar-refractivity contribution in [1.82, 2.24) is 14.9 Å². The van der Waals surface area contributed by atoms with Gasteiger partial charge in [0, 0.05) is 62.0 Å². The molecule has 4 rings (SSSR count). The number of nitrogens with one attached hydrogen (secondary N) is 1. The first-order chi connectivity index (χ1) is 18.0. The molecule has 0 radical (unpaired) electrons. The largest absolute Gasteiger partial charge is 0.444 e. The predicted octanol–water partition coefficient (Wildman–Crippen LogP) is 4.34. The molecule has 1 unspecified atom stereocenters. The highest BCUT2D eigenvalue weighted by Gasteiger charge is 2.40. The number of ether oxygens (including phenoxy) is 1. The molecule has 0 saturated carbocycles. The molecule has 0 bridgehead atoms. The third-order valence-corrected chi connectivity index (χ3v) is 7.19. The lowest BCUT2D eigenvalue weighted by molar-refractivity contribution is -0.117. The van der Waals surface area contributed by atoms with Gasteiger partial charge in [-0.1, -0.05) is 13.8 Å². The minimum absolute atomic E-state index is 0.0142. The maximum absolute atomic E-state index is 12.8. The number of piperazine rings is 1. The molecule has 38 heavy (non-hydrogen) atoms. The number of benzene rings is 1. The van der Waals surface area contributed by atoms with Crippen LogP contribution in [0.15, 0.2) is 30.6 Å². The van der Waals surface area contributed by atoms with Gasteiger partial charge in [-0.3, -0.25) is 4.79 Å². The summed E-state index contributed by atoms with van der Waals surface area (Å²) < 4.78 is 5.54. The molecule has 10 heteroatoms. The lowest BCUT2D eigenvalue weighted by Gasteiger charge is -2.46. The number of hydrogen-bond donors (Lipinski definition) is 1. The average Bonchev–Trinajstić information content (AvgIpc) is 2.89. The van der Waals surface area contributed by atoms with E-state index in [0.29, 0.717) is 32.0 Å². The van der Waals surface area contributed by atoms with E-state index in [-0.39, 0.29) is 35.7 Å². The number of amides is 2. The van der Waals surface area contributed by atoms with Crippen LogP contribution in [-0.2, 0) is 9.53 Å². The van der Waals surface area contributed by atoms with Gasteiger partial charge in [0.1, 0.15) is 17.5 Å². The molecule has 10 nitrogen and oxygen atoms in total. The number of anilines is 3. The van der Waals surface area contributed by atoms with Crippen LogP contribution in [0.1, 0.15) is 65.3 Å². The average molecular weight is 520 g/mol. The van der Waals surface area contributed by atoms with Crippen LogP contribution in [0.5, 0.6) is 0 Å². The van der Waals surface area contributed by atoms with Crippen molar-refractivity contribution in [3.05, 3.63) is 41.9 Å². The highest BCUT2D eigenvalue weighted by atomic mass is 16.6.